The van der Waals surface area contributed by atoms with Crippen LogP contribution in [0.4, 0.5) is 10.5 Å². The van der Waals surface area contributed by atoms with Crippen LogP contribution >= 0.6 is 0 Å². The van der Waals surface area contributed by atoms with Crippen molar-refractivity contribution in [1.29, 1.82) is 0 Å². The maximum atomic E-state index is 13.1. The molecule has 8 nitrogen and oxygen atoms in total. The maximum Gasteiger partial charge on any atom is 0.325 e. The highest BCUT2D eigenvalue weighted by Crippen LogP contribution is 2.36. The Bertz CT molecular complexity index is 1030. The molecular formula is C23H25N3O5. The van der Waals surface area contributed by atoms with Gasteiger partial charge in [0.1, 0.15) is 25.3 Å². The van der Waals surface area contributed by atoms with E-state index in [1.807, 2.05) is 12.1 Å². The third-order valence-corrected chi connectivity index (χ3v) is 5.56. The normalized spacial score (nSPS) is 20.1. The fourth-order valence-electron chi connectivity index (χ4n) is 3.69. The van der Waals surface area contributed by atoms with Crippen molar-refractivity contribution < 1.29 is 23.9 Å². The smallest absolute Gasteiger partial charge is 0.325 e. The number of rotatable bonds is 5. The van der Waals surface area contributed by atoms with E-state index in [4.69, 9.17) is 9.47 Å². The number of ether oxygens (including phenoxy) is 2. The predicted molar refractivity (Wildman–Crippen MR) is 114 cm³/mol. The summed E-state index contributed by atoms with van der Waals surface area (Å²) >= 11 is 0. The number of amides is 4. The molecule has 31 heavy (non-hydrogen) atoms. The molecule has 0 spiro atoms. The standard InChI is InChI=1S/C23H25N3O5/c1-14(2)15-4-7-17(8-5-15)24-20(27)13-26-21(28)23(3,25-22(26)29)16-6-9-18-19(12-16)31-11-10-30-18/h4-9,12,14H,10-11,13H2,1-3H3,(H,24,27)(H,25,29)/t23-/m0/s1. The van der Waals surface area contributed by atoms with Crippen molar-refractivity contribution >= 4 is 23.5 Å². The van der Waals surface area contributed by atoms with E-state index in [1.165, 1.54) is 0 Å². The van der Waals surface area contributed by atoms with Gasteiger partial charge in [0.05, 0.1) is 0 Å². The molecule has 4 rings (SSSR count). The quantitative estimate of drug-likeness (QED) is 0.721. The third kappa shape index (κ3) is 3.93. The SMILES string of the molecule is CC(C)c1ccc(NC(=O)CN2C(=O)N[C@@](C)(c3ccc4c(c3)OCCO4)C2=O)cc1. The lowest BCUT2D eigenvalue weighted by atomic mass is 9.91. The average Bonchev–Trinajstić information content (AvgIpc) is 2.97. The van der Waals surface area contributed by atoms with Gasteiger partial charge in [-0.15, -0.1) is 0 Å². The molecule has 1 saturated heterocycles. The van der Waals surface area contributed by atoms with Gasteiger partial charge in [-0.05, 0) is 48.2 Å². The van der Waals surface area contributed by atoms with Crippen LogP contribution < -0.4 is 20.1 Å². The van der Waals surface area contributed by atoms with Crippen molar-refractivity contribution in [1.82, 2.24) is 10.2 Å². The summed E-state index contributed by atoms with van der Waals surface area (Å²) in [4.78, 5) is 39.1. The summed E-state index contributed by atoms with van der Waals surface area (Å²) in [6, 6.07) is 12.0. The van der Waals surface area contributed by atoms with E-state index >= 15 is 0 Å². The van der Waals surface area contributed by atoms with Crippen LogP contribution in [0.5, 0.6) is 11.5 Å². The van der Waals surface area contributed by atoms with Gasteiger partial charge in [-0.3, -0.25) is 14.5 Å². The van der Waals surface area contributed by atoms with Crippen molar-refractivity contribution in [3.63, 3.8) is 0 Å². The van der Waals surface area contributed by atoms with Crippen LogP contribution in [-0.4, -0.2) is 42.5 Å². The van der Waals surface area contributed by atoms with Crippen molar-refractivity contribution in [3.05, 3.63) is 53.6 Å². The molecule has 8 heteroatoms. The summed E-state index contributed by atoms with van der Waals surface area (Å²) in [5.41, 5.74) is 1.02. The van der Waals surface area contributed by atoms with Gasteiger partial charge in [0.2, 0.25) is 5.91 Å². The first-order valence-electron chi connectivity index (χ1n) is 10.2. The maximum absolute atomic E-state index is 13.1. The molecule has 0 unspecified atom stereocenters. The average molecular weight is 423 g/mol. The highest BCUT2D eigenvalue weighted by Gasteiger charge is 2.49. The molecular weight excluding hydrogens is 398 g/mol. The largest absolute Gasteiger partial charge is 0.486 e. The van der Waals surface area contributed by atoms with Crippen LogP contribution in [0.15, 0.2) is 42.5 Å². The Kier molecular flexibility index (Phi) is 5.31. The van der Waals surface area contributed by atoms with Gasteiger partial charge in [0.25, 0.3) is 5.91 Å². The lowest BCUT2D eigenvalue weighted by Gasteiger charge is -2.25. The van der Waals surface area contributed by atoms with Crippen LogP contribution in [0.3, 0.4) is 0 Å². The van der Waals surface area contributed by atoms with Crippen molar-refractivity contribution in [2.75, 3.05) is 25.1 Å². The number of nitrogens with one attached hydrogen (secondary N) is 2. The minimum Gasteiger partial charge on any atom is -0.486 e. The molecule has 1 fully saturated rings. The van der Waals surface area contributed by atoms with Crippen LogP contribution in [0.1, 0.15) is 37.8 Å². The van der Waals surface area contributed by atoms with E-state index in [-0.39, 0.29) is 6.54 Å². The Hall–Kier alpha value is -3.55. The fourth-order valence-corrected chi connectivity index (χ4v) is 3.69. The predicted octanol–water partition coefficient (Wildman–Crippen LogP) is 2.99. The number of hydrogen-bond acceptors (Lipinski definition) is 5. The van der Waals surface area contributed by atoms with E-state index in [9.17, 15) is 14.4 Å². The lowest BCUT2D eigenvalue weighted by Crippen LogP contribution is -2.42. The zero-order valence-corrected chi connectivity index (χ0v) is 17.7. The van der Waals surface area contributed by atoms with Crippen molar-refractivity contribution in [3.8, 4) is 11.5 Å². The monoisotopic (exact) mass is 423 g/mol. The minimum atomic E-state index is -1.30. The molecule has 0 aromatic heterocycles. The number of carbonyl (C=O) groups excluding carboxylic acids is 3. The molecule has 2 N–H and O–H groups in total. The lowest BCUT2D eigenvalue weighted by molar-refractivity contribution is -0.133. The van der Waals surface area contributed by atoms with Gasteiger partial charge in [0, 0.05) is 5.69 Å². The topological polar surface area (TPSA) is 97.0 Å². The Balaban J connectivity index is 1.47. The number of anilines is 1. The summed E-state index contributed by atoms with van der Waals surface area (Å²) in [5, 5.41) is 5.44. The Morgan fingerprint density at radius 1 is 1.10 bits per heavy atom. The number of carbonyl (C=O) groups is 3. The second-order valence-electron chi connectivity index (χ2n) is 8.13. The van der Waals surface area contributed by atoms with E-state index in [0.717, 1.165) is 10.5 Å². The molecule has 2 aliphatic rings. The third-order valence-electron chi connectivity index (χ3n) is 5.56. The highest BCUT2D eigenvalue weighted by atomic mass is 16.6. The van der Waals surface area contributed by atoms with E-state index < -0.39 is 23.4 Å². The molecule has 162 valence electrons. The number of nitrogens with zero attached hydrogens (tertiary/aromatic N) is 1. The molecule has 2 heterocycles. The number of benzene rings is 2. The van der Waals surface area contributed by atoms with Gasteiger partial charge < -0.3 is 20.1 Å². The summed E-state index contributed by atoms with van der Waals surface area (Å²) in [5.74, 6) is 0.545. The van der Waals surface area contributed by atoms with Gasteiger partial charge >= 0.3 is 6.03 Å². The molecule has 2 aromatic carbocycles. The zero-order valence-electron chi connectivity index (χ0n) is 17.7. The summed E-state index contributed by atoms with van der Waals surface area (Å²) in [6.07, 6.45) is 0. The number of fused-ring (bicyclic) bond motifs is 1. The van der Waals surface area contributed by atoms with Gasteiger partial charge in [-0.2, -0.15) is 0 Å². The highest BCUT2D eigenvalue weighted by molar-refractivity contribution is 6.10. The Morgan fingerprint density at radius 3 is 2.45 bits per heavy atom. The van der Waals surface area contributed by atoms with Crippen molar-refractivity contribution in [2.24, 2.45) is 0 Å². The first kappa shape index (κ1) is 20.7. The van der Waals surface area contributed by atoms with Crippen LogP contribution in [0, 0.1) is 0 Å². The fraction of sp³-hybridized carbons (Fsp3) is 0.348. The van der Waals surface area contributed by atoms with E-state index in [1.54, 1.807) is 37.3 Å². The van der Waals surface area contributed by atoms with Crippen LogP contribution in [0.2, 0.25) is 0 Å². The van der Waals surface area contributed by atoms with Crippen LogP contribution in [0.25, 0.3) is 0 Å². The first-order valence-corrected chi connectivity index (χ1v) is 10.2. The van der Waals surface area contributed by atoms with E-state index in [0.29, 0.717) is 41.9 Å². The second-order valence-corrected chi connectivity index (χ2v) is 8.13. The zero-order chi connectivity index (χ0) is 22.2. The number of hydrogen-bond donors (Lipinski definition) is 2. The minimum absolute atomic E-state index is 0.378. The summed E-state index contributed by atoms with van der Waals surface area (Å²) in [6.45, 7) is 6.28. The molecule has 0 saturated carbocycles. The molecule has 2 aromatic rings. The van der Waals surface area contributed by atoms with Gasteiger partial charge in [-0.1, -0.05) is 32.0 Å². The number of imide groups is 1. The van der Waals surface area contributed by atoms with Gasteiger partial charge in [-0.25, -0.2) is 4.79 Å². The van der Waals surface area contributed by atoms with E-state index in [2.05, 4.69) is 24.5 Å². The summed E-state index contributed by atoms with van der Waals surface area (Å²) in [7, 11) is 0. The molecule has 4 amide bonds. The number of urea groups is 1. The Labute approximate surface area is 180 Å². The Morgan fingerprint density at radius 2 is 1.77 bits per heavy atom. The first-order chi connectivity index (χ1) is 14.8. The second kappa shape index (κ2) is 7.94. The van der Waals surface area contributed by atoms with Gasteiger partial charge in [0.15, 0.2) is 11.5 Å². The van der Waals surface area contributed by atoms with Crippen molar-refractivity contribution in [2.45, 2.75) is 32.2 Å². The van der Waals surface area contributed by atoms with Crippen LogP contribution in [-0.2, 0) is 15.1 Å². The molecule has 0 bridgehead atoms. The summed E-state index contributed by atoms with van der Waals surface area (Å²) < 4.78 is 11.1. The molecule has 0 radical (unpaired) electrons. The molecule has 1 atom stereocenters. The molecule has 0 aliphatic carbocycles. The molecule has 2 aliphatic heterocycles.